The van der Waals surface area contributed by atoms with E-state index in [4.69, 9.17) is 0 Å². The Labute approximate surface area is 118 Å². The van der Waals surface area contributed by atoms with Crippen LogP contribution in [0.15, 0.2) is 36.0 Å². The first-order chi connectivity index (χ1) is 8.83. The van der Waals surface area contributed by atoms with Crippen molar-refractivity contribution < 1.29 is 4.79 Å². The lowest BCUT2D eigenvalue weighted by Crippen LogP contribution is -2.32. The maximum atomic E-state index is 10.8. The summed E-state index contributed by atoms with van der Waals surface area (Å²) in [6, 6.07) is 0. The molecule has 1 aliphatic carbocycles. The predicted molar refractivity (Wildman–Crippen MR) is 83.0 cm³/mol. The summed E-state index contributed by atoms with van der Waals surface area (Å²) in [5, 5.41) is 0. The van der Waals surface area contributed by atoms with E-state index in [1.165, 1.54) is 24.8 Å². The summed E-state index contributed by atoms with van der Waals surface area (Å²) in [6.45, 7) is 10.8. The first-order valence-electron chi connectivity index (χ1n) is 7.36. The molecule has 2 atom stereocenters. The second-order valence-corrected chi connectivity index (χ2v) is 6.62. The highest BCUT2D eigenvalue weighted by molar-refractivity contribution is 5.87. The summed E-state index contributed by atoms with van der Waals surface area (Å²) in [7, 11) is 0. The van der Waals surface area contributed by atoms with Gasteiger partial charge in [0.15, 0.2) is 5.78 Å². The van der Waals surface area contributed by atoms with Gasteiger partial charge in [-0.15, -0.1) is 0 Å². The normalized spacial score (nSPS) is 28.2. The van der Waals surface area contributed by atoms with Crippen LogP contribution in [-0.2, 0) is 4.79 Å². The van der Waals surface area contributed by atoms with Crippen molar-refractivity contribution in [2.45, 2.75) is 53.9 Å². The molecular weight excluding hydrogens is 232 g/mol. The van der Waals surface area contributed by atoms with Crippen molar-refractivity contribution in [3.8, 4) is 0 Å². The molecule has 1 rings (SSSR count). The van der Waals surface area contributed by atoms with E-state index in [1.807, 2.05) is 12.2 Å². The molecule has 0 radical (unpaired) electrons. The van der Waals surface area contributed by atoms with Crippen LogP contribution in [0.5, 0.6) is 0 Å². The van der Waals surface area contributed by atoms with Crippen LogP contribution in [0.2, 0.25) is 0 Å². The molecule has 0 N–H and O–H groups in total. The number of carbonyl (C=O) groups is 1. The molecule has 0 amide bonds. The van der Waals surface area contributed by atoms with Gasteiger partial charge in [-0.1, -0.05) is 63.5 Å². The third kappa shape index (κ3) is 5.18. The highest BCUT2D eigenvalue weighted by Gasteiger charge is 2.34. The summed E-state index contributed by atoms with van der Waals surface area (Å²) in [5.74, 6) is 1.51. The standard InChI is InChI=1S/C18H28O/c1-14(8-6-10-16(3)19)11-12-17-15(2)9-7-13-18(17,4)5/h6,8,10-12,15,17H,7,9,13H2,1-5H3/b10-6+,12-11+,14-8+. The number of allylic oxidation sites excluding steroid dienone is 6. The van der Waals surface area contributed by atoms with Crippen LogP contribution >= 0.6 is 0 Å². The van der Waals surface area contributed by atoms with Crippen molar-refractivity contribution in [1.29, 1.82) is 0 Å². The Kier molecular flexibility index (Phi) is 5.78. The Hall–Kier alpha value is -1.11. The first kappa shape index (κ1) is 15.9. The van der Waals surface area contributed by atoms with Gasteiger partial charge < -0.3 is 0 Å². The molecule has 0 bridgehead atoms. The van der Waals surface area contributed by atoms with Crippen LogP contribution in [0.1, 0.15) is 53.9 Å². The number of ketones is 1. The monoisotopic (exact) mass is 260 g/mol. The van der Waals surface area contributed by atoms with Gasteiger partial charge in [0.1, 0.15) is 0 Å². The molecule has 0 spiro atoms. The van der Waals surface area contributed by atoms with Crippen LogP contribution in [0.4, 0.5) is 0 Å². The number of hydrogen-bond donors (Lipinski definition) is 0. The van der Waals surface area contributed by atoms with Gasteiger partial charge in [-0.05, 0) is 43.6 Å². The van der Waals surface area contributed by atoms with E-state index in [-0.39, 0.29) is 5.78 Å². The number of rotatable bonds is 4. The molecule has 19 heavy (non-hydrogen) atoms. The lowest BCUT2D eigenvalue weighted by Gasteiger charge is -2.41. The average Bonchev–Trinajstić information content (AvgIpc) is 2.26. The van der Waals surface area contributed by atoms with E-state index in [9.17, 15) is 4.79 Å². The third-order valence-corrected chi connectivity index (χ3v) is 4.25. The Morgan fingerprint density at radius 2 is 1.89 bits per heavy atom. The predicted octanol–water partition coefficient (Wildman–Crippen LogP) is 5.10. The quantitative estimate of drug-likeness (QED) is 0.508. The minimum absolute atomic E-state index is 0.0927. The fourth-order valence-electron chi connectivity index (χ4n) is 3.09. The SMILES string of the molecule is CC(=O)/C=C/C=C(C)/C=C/C1C(C)CCCC1(C)C. The number of hydrogen-bond acceptors (Lipinski definition) is 1. The lowest BCUT2D eigenvalue weighted by atomic mass is 9.64. The third-order valence-electron chi connectivity index (χ3n) is 4.25. The topological polar surface area (TPSA) is 17.1 Å². The van der Waals surface area contributed by atoms with Crippen molar-refractivity contribution in [3.05, 3.63) is 36.0 Å². The van der Waals surface area contributed by atoms with Crippen LogP contribution in [-0.4, -0.2) is 5.78 Å². The second-order valence-electron chi connectivity index (χ2n) is 6.62. The fourth-order valence-corrected chi connectivity index (χ4v) is 3.09. The molecule has 1 saturated carbocycles. The summed E-state index contributed by atoms with van der Waals surface area (Å²) in [4.78, 5) is 10.8. The molecule has 0 aromatic heterocycles. The smallest absolute Gasteiger partial charge is 0.152 e. The molecule has 0 saturated heterocycles. The van der Waals surface area contributed by atoms with Crippen molar-refractivity contribution in [2.24, 2.45) is 17.3 Å². The maximum Gasteiger partial charge on any atom is 0.152 e. The van der Waals surface area contributed by atoms with Crippen molar-refractivity contribution in [3.63, 3.8) is 0 Å². The van der Waals surface area contributed by atoms with E-state index in [0.717, 1.165) is 5.92 Å². The Morgan fingerprint density at radius 1 is 1.21 bits per heavy atom. The number of carbonyl (C=O) groups excluding carboxylic acids is 1. The maximum absolute atomic E-state index is 10.8. The summed E-state index contributed by atoms with van der Waals surface area (Å²) in [6.07, 6.45) is 14.0. The van der Waals surface area contributed by atoms with Gasteiger partial charge in [0, 0.05) is 0 Å². The molecule has 0 aromatic rings. The zero-order valence-electron chi connectivity index (χ0n) is 13.1. The van der Waals surface area contributed by atoms with Crippen LogP contribution in [0, 0.1) is 17.3 Å². The minimum atomic E-state index is 0.0927. The van der Waals surface area contributed by atoms with Gasteiger partial charge in [0.2, 0.25) is 0 Å². The van der Waals surface area contributed by atoms with Gasteiger partial charge in [-0.25, -0.2) is 0 Å². The van der Waals surface area contributed by atoms with E-state index in [1.54, 1.807) is 13.0 Å². The van der Waals surface area contributed by atoms with Crippen molar-refractivity contribution in [1.82, 2.24) is 0 Å². The van der Waals surface area contributed by atoms with Gasteiger partial charge in [0.25, 0.3) is 0 Å². The Morgan fingerprint density at radius 3 is 2.47 bits per heavy atom. The molecule has 0 aliphatic heterocycles. The molecule has 1 aliphatic rings. The highest BCUT2D eigenvalue weighted by atomic mass is 16.1. The summed E-state index contributed by atoms with van der Waals surface area (Å²) < 4.78 is 0. The van der Waals surface area contributed by atoms with E-state index >= 15 is 0 Å². The molecule has 106 valence electrons. The highest BCUT2D eigenvalue weighted by Crippen LogP contribution is 2.44. The van der Waals surface area contributed by atoms with Crippen LogP contribution in [0.25, 0.3) is 0 Å². The van der Waals surface area contributed by atoms with Gasteiger partial charge in [0.05, 0.1) is 0 Å². The second kappa shape index (κ2) is 6.88. The van der Waals surface area contributed by atoms with Crippen molar-refractivity contribution >= 4 is 5.78 Å². The van der Waals surface area contributed by atoms with Crippen molar-refractivity contribution in [2.75, 3.05) is 0 Å². The van der Waals surface area contributed by atoms with Gasteiger partial charge >= 0.3 is 0 Å². The summed E-state index contributed by atoms with van der Waals surface area (Å²) in [5.41, 5.74) is 1.61. The van der Waals surface area contributed by atoms with E-state index in [0.29, 0.717) is 11.3 Å². The van der Waals surface area contributed by atoms with Gasteiger partial charge in [-0.2, -0.15) is 0 Å². The zero-order chi connectivity index (χ0) is 14.5. The first-order valence-corrected chi connectivity index (χ1v) is 7.36. The largest absolute Gasteiger partial charge is 0.295 e. The lowest BCUT2D eigenvalue weighted by molar-refractivity contribution is -0.112. The summed E-state index contributed by atoms with van der Waals surface area (Å²) >= 11 is 0. The molecule has 1 fully saturated rings. The van der Waals surface area contributed by atoms with E-state index < -0.39 is 0 Å². The Balaban J connectivity index is 2.71. The molecule has 2 unspecified atom stereocenters. The molecule has 0 aromatic carbocycles. The fraction of sp³-hybridized carbons (Fsp3) is 0.611. The van der Waals surface area contributed by atoms with Crippen LogP contribution < -0.4 is 0 Å². The average molecular weight is 260 g/mol. The van der Waals surface area contributed by atoms with Crippen LogP contribution in [0.3, 0.4) is 0 Å². The minimum Gasteiger partial charge on any atom is -0.295 e. The zero-order valence-corrected chi connectivity index (χ0v) is 13.1. The van der Waals surface area contributed by atoms with E-state index in [2.05, 4.69) is 39.8 Å². The molecule has 1 heteroatoms. The van der Waals surface area contributed by atoms with Gasteiger partial charge in [-0.3, -0.25) is 4.79 Å². The molecular formula is C18H28O. The Bertz CT molecular complexity index is 396. The molecule has 1 nitrogen and oxygen atoms in total. The molecule has 0 heterocycles.